The smallest absolute Gasteiger partial charge is 0.155 e. The second kappa shape index (κ2) is 3.24. The Kier molecular flexibility index (Phi) is 2.74. The van der Waals surface area contributed by atoms with Gasteiger partial charge in [0.15, 0.2) is 9.84 Å². The first-order valence-electron chi connectivity index (χ1n) is 4.68. The van der Waals surface area contributed by atoms with E-state index in [0.717, 1.165) is 0 Å². The summed E-state index contributed by atoms with van der Waals surface area (Å²) in [5, 5.41) is 9.22. The second-order valence-corrected chi connectivity index (χ2v) is 7.18. The molecule has 1 rings (SSSR count). The lowest BCUT2D eigenvalue weighted by molar-refractivity contribution is 0.152. The molecule has 0 saturated carbocycles. The highest BCUT2D eigenvalue weighted by Gasteiger charge is 2.47. The average Bonchev–Trinajstić information content (AvgIpc) is 2.11. The molecule has 2 atom stereocenters. The Labute approximate surface area is 80.1 Å². The third-order valence-corrected chi connectivity index (χ3v) is 5.86. The van der Waals surface area contributed by atoms with E-state index in [1.54, 1.807) is 20.8 Å². The van der Waals surface area contributed by atoms with E-state index in [4.69, 9.17) is 0 Å². The Bertz CT molecular complexity index is 277. The van der Waals surface area contributed by atoms with Crippen molar-refractivity contribution in [1.29, 1.82) is 0 Å². The summed E-state index contributed by atoms with van der Waals surface area (Å²) in [6.45, 7) is 5.24. The van der Waals surface area contributed by atoms with Crippen molar-refractivity contribution in [2.45, 2.75) is 44.5 Å². The van der Waals surface area contributed by atoms with Gasteiger partial charge >= 0.3 is 0 Å². The zero-order chi connectivity index (χ0) is 10.3. The van der Waals surface area contributed by atoms with Gasteiger partial charge in [-0.1, -0.05) is 0 Å². The summed E-state index contributed by atoms with van der Waals surface area (Å²) in [5.74, 6) is 0.384. The van der Waals surface area contributed by atoms with Crippen molar-refractivity contribution in [3.05, 3.63) is 0 Å². The number of sulfone groups is 1. The fraction of sp³-hybridized carbons (Fsp3) is 1.00. The monoisotopic (exact) mass is 206 g/mol. The van der Waals surface area contributed by atoms with Crippen molar-refractivity contribution in [3.63, 3.8) is 0 Å². The van der Waals surface area contributed by atoms with Gasteiger partial charge in [-0.3, -0.25) is 0 Å². The lowest BCUT2D eigenvalue weighted by Crippen LogP contribution is -2.34. The quantitative estimate of drug-likeness (QED) is 0.732. The number of hydrogen-bond donors (Lipinski definition) is 1. The molecular formula is C9H18O3S. The molecule has 3 nitrogen and oxygen atoms in total. The molecule has 1 saturated heterocycles. The van der Waals surface area contributed by atoms with Crippen molar-refractivity contribution in [3.8, 4) is 0 Å². The summed E-state index contributed by atoms with van der Waals surface area (Å²) < 4.78 is 22.5. The van der Waals surface area contributed by atoms with E-state index in [1.165, 1.54) is 0 Å². The molecule has 0 aromatic heterocycles. The molecule has 1 fully saturated rings. The summed E-state index contributed by atoms with van der Waals surface area (Å²) in [5.41, 5.74) is 0. The van der Waals surface area contributed by atoms with Crippen LogP contribution in [-0.2, 0) is 9.84 Å². The molecule has 0 aliphatic carbocycles. The van der Waals surface area contributed by atoms with Gasteiger partial charge in [0.25, 0.3) is 0 Å². The summed E-state index contributed by atoms with van der Waals surface area (Å²) in [6, 6.07) is 0. The Morgan fingerprint density at radius 3 is 2.38 bits per heavy atom. The molecule has 1 aliphatic rings. The molecule has 78 valence electrons. The highest BCUT2D eigenvalue weighted by molar-refractivity contribution is 7.93. The van der Waals surface area contributed by atoms with E-state index in [-0.39, 0.29) is 11.7 Å². The minimum absolute atomic E-state index is 0.109. The van der Waals surface area contributed by atoms with Crippen LogP contribution in [0.5, 0.6) is 0 Å². The minimum atomic E-state index is -2.93. The topological polar surface area (TPSA) is 54.4 Å². The molecule has 1 heterocycles. The Balaban J connectivity index is 2.83. The second-order valence-electron chi connectivity index (χ2n) is 4.49. The third kappa shape index (κ3) is 1.89. The summed E-state index contributed by atoms with van der Waals surface area (Å²) >= 11 is 0. The maximum atomic E-state index is 11.6. The van der Waals surface area contributed by atoms with Gasteiger partial charge in [0, 0.05) is 0 Å². The minimum Gasteiger partial charge on any atom is -0.393 e. The van der Waals surface area contributed by atoms with E-state index >= 15 is 0 Å². The van der Waals surface area contributed by atoms with Crippen LogP contribution in [0.2, 0.25) is 0 Å². The predicted molar refractivity (Wildman–Crippen MR) is 52.3 cm³/mol. The van der Waals surface area contributed by atoms with Gasteiger partial charge in [-0.15, -0.1) is 0 Å². The molecule has 0 spiro atoms. The van der Waals surface area contributed by atoms with E-state index in [9.17, 15) is 13.5 Å². The van der Waals surface area contributed by atoms with Gasteiger partial charge in [-0.2, -0.15) is 0 Å². The summed E-state index contributed by atoms with van der Waals surface area (Å²) in [6.07, 6.45) is 0.879. The maximum Gasteiger partial charge on any atom is 0.155 e. The molecule has 13 heavy (non-hydrogen) atoms. The first kappa shape index (κ1) is 11.0. The van der Waals surface area contributed by atoms with E-state index in [0.29, 0.717) is 12.8 Å². The number of aliphatic hydroxyl groups excluding tert-OH is 1. The first-order valence-corrected chi connectivity index (χ1v) is 6.33. The van der Waals surface area contributed by atoms with E-state index in [2.05, 4.69) is 0 Å². The molecule has 0 radical (unpaired) electrons. The van der Waals surface area contributed by atoms with Gasteiger partial charge in [0.1, 0.15) is 0 Å². The highest BCUT2D eigenvalue weighted by atomic mass is 32.2. The van der Waals surface area contributed by atoms with Crippen LogP contribution in [0.15, 0.2) is 0 Å². The largest absolute Gasteiger partial charge is 0.393 e. The molecule has 1 unspecified atom stereocenters. The summed E-state index contributed by atoms with van der Waals surface area (Å²) in [4.78, 5) is 0. The molecule has 1 N–H and O–H groups in total. The molecular weight excluding hydrogens is 188 g/mol. The number of hydrogen-bond acceptors (Lipinski definition) is 3. The van der Waals surface area contributed by atoms with Gasteiger partial charge < -0.3 is 5.11 Å². The maximum absolute atomic E-state index is 11.6. The van der Waals surface area contributed by atoms with Crippen LogP contribution in [0, 0.1) is 5.92 Å². The van der Waals surface area contributed by atoms with Crippen LogP contribution >= 0.6 is 0 Å². The number of rotatable bonds is 2. The van der Waals surface area contributed by atoms with Crippen molar-refractivity contribution >= 4 is 9.84 Å². The normalized spacial score (nSPS) is 33.1. The fourth-order valence-electron chi connectivity index (χ4n) is 1.98. The van der Waals surface area contributed by atoms with E-state index in [1.807, 2.05) is 0 Å². The fourth-order valence-corrected chi connectivity index (χ4v) is 3.82. The van der Waals surface area contributed by atoms with Crippen LogP contribution in [0.1, 0.15) is 33.6 Å². The molecule has 0 aromatic rings. The Hall–Kier alpha value is -0.0900. The lowest BCUT2D eigenvalue weighted by Gasteiger charge is -2.26. The summed E-state index contributed by atoms with van der Waals surface area (Å²) in [7, 11) is -2.93. The number of aliphatic hydroxyl groups is 1. The Morgan fingerprint density at radius 2 is 2.08 bits per heavy atom. The van der Waals surface area contributed by atoms with Crippen molar-refractivity contribution in [1.82, 2.24) is 0 Å². The van der Waals surface area contributed by atoms with Crippen LogP contribution in [-0.4, -0.2) is 30.1 Å². The highest BCUT2D eigenvalue weighted by Crippen LogP contribution is 2.39. The standard InChI is InChI=1S/C9H18O3S/c1-7(10)6-8-4-5-13(11,12)9(8,2)3/h7-8,10H,4-6H2,1-3H3/t7-,8?/m0/s1. The molecule has 0 amide bonds. The zero-order valence-electron chi connectivity index (χ0n) is 8.45. The third-order valence-electron chi connectivity index (χ3n) is 3.15. The van der Waals surface area contributed by atoms with Crippen LogP contribution in [0.4, 0.5) is 0 Å². The van der Waals surface area contributed by atoms with Crippen molar-refractivity contribution in [2.75, 3.05) is 5.75 Å². The molecule has 1 aliphatic heterocycles. The lowest BCUT2D eigenvalue weighted by atomic mass is 9.88. The molecule has 4 heteroatoms. The SMILES string of the molecule is C[C@H](O)CC1CCS(=O)(=O)C1(C)C. The van der Waals surface area contributed by atoms with Gasteiger partial charge in [0.2, 0.25) is 0 Å². The van der Waals surface area contributed by atoms with Crippen molar-refractivity contribution < 1.29 is 13.5 Å². The van der Waals surface area contributed by atoms with Crippen molar-refractivity contribution in [2.24, 2.45) is 5.92 Å². The zero-order valence-corrected chi connectivity index (χ0v) is 9.26. The molecule has 0 bridgehead atoms. The van der Waals surface area contributed by atoms with Gasteiger partial charge in [-0.05, 0) is 39.5 Å². The van der Waals surface area contributed by atoms with Crippen LogP contribution in [0.3, 0.4) is 0 Å². The van der Waals surface area contributed by atoms with Crippen LogP contribution < -0.4 is 0 Å². The van der Waals surface area contributed by atoms with Gasteiger partial charge in [0.05, 0.1) is 16.6 Å². The van der Waals surface area contributed by atoms with Crippen LogP contribution in [0.25, 0.3) is 0 Å². The van der Waals surface area contributed by atoms with Gasteiger partial charge in [-0.25, -0.2) is 8.42 Å². The first-order chi connectivity index (χ1) is 5.77. The molecule has 0 aromatic carbocycles. The Morgan fingerprint density at radius 1 is 1.54 bits per heavy atom. The predicted octanol–water partition coefficient (Wildman–Crippen LogP) is 0.971. The van der Waals surface area contributed by atoms with E-state index < -0.39 is 20.7 Å². The average molecular weight is 206 g/mol.